The van der Waals surface area contributed by atoms with Gasteiger partial charge in [-0.25, -0.2) is 4.79 Å². The molecule has 5 nitrogen and oxygen atoms in total. The fourth-order valence-corrected chi connectivity index (χ4v) is 3.62. The summed E-state index contributed by atoms with van der Waals surface area (Å²) >= 11 is 0. The summed E-state index contributed by atoms with van der Waals surface area (Å²) in [5.74, 6) is 0.0753. The zero-order valence-corrected chi connectivity index (χ0v) is 14.3. The Morgan fingerprint density at radius 2 is 1.78 bits per heavy atom. The van der Waals surface area contributed by atoms with Crippen LogP contribution in [0.15, 0.2) is 24.3 Å². The third kappa shape index (κ3) is 2.58. The van der Waals surface area contributed by atoms with E-state index >= 15 is 0 Å². The van der Waals surface area contributed by atoms with Gasteiger partial charge in [0.1, 0.15) is 5.60 Å². The van der Waals surface area contributed by atoms with E-state index in [2.05, 4.69) is 0 Å². The second kappa shape index (κ2) is 5.25. The Morgan fingerprint density at radius 3 is 2.39 bits per heavy atom. The van der Waals surface area contributed by atoms with Crippen LogP contribution in [0.3, 0.4) is 0 Å². The number of piperidine rings is 1. The van der Waals surface area contributed by atoms with E-state index < -0.39 is 5.60 Å². The van der Waals surface area contributed by atoms with E-state index in [1.54, 1.807) is 4.90 Å². The molecule has 1 aromatic rings. The highest BCUT2D eigenvalue weighted by molar-refractivity contribution is 5.99. The van der Waals surface area contributed by atoms with E-state index in [4.69, 9.17) is 4.74 Å². The number of benzene rings is 1. The lowest BCUT2D eigenvalue weighted by atomic mass is 9.81. The maximum Gasteiger partial charge on any atom is 0.410 e. The number of carbonyl (C=O) groups is 2. The molecule has 0 radical (unpaired) electrons. The van der Waals surface area contributed by atoms with Gasteiger partial charge in [-0.2, -0.15) is 0 Å². The number of ether oxygens (including phenoxy) is 1. The number of fused-ring (bicyclic) bond motifs is 2. The summed E-state index contributed by atoms with van der Waals surface area (Å²) in [5, 5.41) is 0. The van der Waals surface area contributed by atoms with Crippen molar-refractivity contribution >= 4 is 12.0 Å². The topological polar surface area (TPSA) is 49.9 Å². The van der Waals surface area contributed by atoms with E-state index in [9.17, 15) is 9.59 Å². The Hall–Kier alpha value is -2.04. The zero-order chi connectivity index (χ0) is 16.8. The maximum atomic E-state index is 12.5. The first-order chi connectivity index (χ1) is 10.7. The molecule has 0 N–H and O–H groups in total. The van der Waals surface area contributed by atoms with Gasteiger partial charge in [0.25, 0.3) is 5.91 Å². The van der Waals surface area contributed by atoms with Crippen LogP contribution in [0.25, 0.3) is 0 Å². The van der Waals surface area contributed by atoms with Gasteiger partial charge in [0, 0.05) is 25.7 Å². The molecular formula is C18H24N2O3. The molecule has 0 bridgehead atoms. The molecule has 2 aliphatic rings. The minimum atomic E-state index is -0.487. The van der Waals surface area contributed by atoms with Gasteiger partial charge in [0.15, 0.2) is 0 Å². The maximum absolute atomic E-state index is 12.5. The standard InChI is InChI=1S/C18H24N2O3/c1-17(2,3)23-16(22)20-11-9-18(10-12-20)14-8-6-5-7-13(14)15(21)19(18)4/h5-8H,9-12H2,1-4H3. The quantitative estimate of drug-likeness (QED) is 0.739. The van der Waals surface area contributed by atoms with Gasteiger partial charge in [0.2, 0.25) is 0 Å². The average molecular weight is 316 g/mol. The molecule has 0 unspecified atom stereocenters. The number of hydrogen-bond acceptors (Lipinski definition) is 3. The lowest BCUT2D eigenvalue weighted by Crippen LogP contribution is -2.52. The monoisotopic (exact) mass is 316 g/mol. The summed E-state index contributed by atoms with van der Waals surface area (Å²) in [6.45, 7) is 6.81. The molecule has 2 amide bonds. The molecule has 1 spiro atoms. The van der Waals surface area contributed by atoms with Crippen LogP contribution in [0.1, 0.15) is 49.5 Å². The summed E-state index contributed by atoms with van der Waals surface area (Å²) in [7, 11) is 1.87. The summed E-state index contributed by atoms with van der Waals surface area (Å²) in [6, 6.07) is 7.82. The van der Waals surface area contributed by atoms with Crippen molar-refractivity contribution in [2.75, 3.05) is 20.1 Å². The summed E-state index contributed by atoms with van der Waals surface area (Å²) in [4.78, 5) is 28.3. The normalized spacial score (nSPS) is 19.9. The predicted molar refractivity (Wildman–Crippen MR) is 87.3 cm³/mol. The molecular weight excluding hydrogens is 292 g/mol. The molecule has 0 aromatic heterocycles. The average Bonchev–Trinajstić information content (AvgIpc) is 2.70. The minimum absolute atomic E-state index is 0.0753. The van der Waals surface area contributed by atoms with E-state index in [-0.39, 0.29) is 17.5 Å². The van der Waals surface area contributed by atoms with Gasteiger partial charge in [-0.05, 0) is 45.2 Å². The van der Waals surface area contributed by atoms with Crippen LogP contribution in [0.2, 0.25) is 0 Å². The van der Waals surface area contributed by atoms with Gasteiger partial charge in [0.05, 0.1) is 5.54 Å². The smallest absolute Gasteiger partial charge is 0.410 e. The Morgan fingerprint density at radius 1 is 1.17 bits per heavy atom. The molecule has 1 aromatic carbocycles. The van der Waals surface area contributed by atoms with Crippen LogP contribution in [-0.4, -0.2) is 47.5 Å². The molecule has 5 heteroatoms. The van der Waals surface area contributed by atoms with Crippen LogP contribution in [0.5, 0.6) is 0 Å². The second-order valence-electron chi connectivity index (χ2n) is 7.41. The minimum Gasteiger partial charge on any atom is -0.444 e. The molecule has 3 rings (SSSR count). The molecule has 1 saturated heterocycles. The number of amides is 2. The Kier molecular flexibility index (Phi) is 3.62. The van der Waals surface area contributed by atoms with Crippen molar-refractivity contribution in [2.24, 2.45) is 0 Å². The van der Waals surface area contributed by atoms with Gasteiger partial charge in [-0.15, -0.1) is 0 Å². The number of rotatable bonds is 0. The Labute approximate surface area is 137 Å². The van der Waals surface area contributed by atoms with Crippen molar-refractivity contribution in [3.05, 3.63) is 35.4 Å². The summed E-state index contributed by atoms with van der Waals surface area (Å²) in [6.07, 6.45) is 1.21. The highest BCUT2D eigenvalue weighted by atomic mass is 16.6. The second-order valence-corrected chi connectivity index (χ2v) is 7.41. The fraction of sp³-hybridized carbons (Fsp3) is 0.556. The highest BCUT2D eigenvalue weighted by Crippen LogP contribution is 2.45. The fourth-order valence-electron chi connectivity index (χ4n) is 3.62. The van der Waals surface area contributed by atoms with Gasteiger partial charge < -0.3 is 14.5 Å². The van der Waals surface area contributed by atoms with Crippen molar-refractivity contribution in [1.29, 1.82) is 0 Å². The summed E-state index contributed by atoms with van der Waals surface area (Å²) < 4.78 is 5.45. The largest absolute Gasteiger partial charge is 0.444 e. The van der Waals surface area contributed by atoms with Crippen LogP contribution < -0.4 is 0 Å². The molecule has 0 aliphatic carbocycles. The summed E-state index contributed by atoms with van der Waals surface area (Å²) in [5.41, 5.74) is 1.11. The van der Waals surface area contributed by atoms with E-state index in [1.165, 1.54) is 0 Å². The number of nitrogens with zero attached hydrogens (tertiary/aromatic N) is 2. The van der Waals surface area contributed by atoms with Crippen molar-refractivity contribution in [3.8, 4) is 0 Å². The molecule has 2 heterocycles. The molecule has 124 valence electrons. The number of likely N-dealkylation sites (tertiary alicyclic amines) is 1. The lowest BCUT2D eigenvalue weighted by Gasteiger charge is -2.44. The lowest BCUT2D eigenvalue weighted by molar-refractivity contribution is 0.00360. The zero-order valence-electron chi connectivity index (χ0n) is 14.3. The van der Waals surface area contributed by atoms with Crippen LogP contribution in [-0.2, 0) is 10.3 Å². The highest BCUT2D eigenvalue weighted by Gasteiger charge is 2.49. The number of hydrogen-bond donors (Lipinski definition) is 0. The van der Waals surface area contributed by atoms with Gasteiger partial charge in [-0.1, -0.05) is 18.2 Å². The molecule has 2 aliphatic heterocycles. The first kappa shape index (κ1) is 15.8. The van der Waals surface area contributed by atoms with Crippen molar-refractivity contribution in [2.45, 2.75) is 44.8 Å². The Balaban J connectivity index is 1.79. The van der Waals surface area contributed by atoms with Crippen LogP contribution in [0, 0.1) is 0 Å². The molecule has 23 heavy (non-hydrogen) atoms. The first-order valence-electron chi connectivity index (χ1n) is 8.10. The van der Waals surface area contributed by atoms with Crippen LogP contribution in [0.4, 0.5) is 4.79 Å². The van der Waals surface area contributed by atoms with Crippen molar-refractivity contribution in [3.63, 3.8) is 0 Å². The first-order valence-corrected chi connectivity index (χ1v) is 8.10. The van der Waals surface area contributed by atoms with E-state index in [0.717, 1.165) is 24.0 Å². The van der Waals surface area contributed by atoms with Gasteiger partial charge >= 0.3 is 6.09 Å². The SMILES string of the molecule is CN1C(=O)c2ccccc2C12CCN(C(=O)OC(C)(C)C)CC2. The van der Waals surface area contributed by atoms with Crippen LogP contribution >= 0.6 is 0 Å². The predicted octanol–water partition coefficient (Wildman–Crippen LogP) is 3.00. The number of carbonyl (C=O) groups excluding carboxylic acids is 2. The third-order valence-electron chi connectivity index (χ3n) is 4.85. The third-order valence-corrected chi connectivity index (χ3v) is 4.85. The van der Waals surface area contributed by atoms with Gasteiger partial charge in [-0.3, -0.25) is 4.79 Å². The molecule has 0 saturated carbocycles. The van der Waals surface area contributed by atoms with E-state index in [1.807, 2.05) is 57.0 Å². The van der Waals surface area contributed by atoms with Crippen molar-refractivity contribution < 1.29 is 14.3 Å². The molecule has 1 fully saturated rings. The van der Waals surface area contributed by atoms with E-state index in [0.29, 0.717) is 13.1 Å². The Bertz CT molecular complexity index is 640. The van der Waals surface area contributed by atoms with Crippen molar-refractivity contribution in [1.82, 2.24) is 9.80 Å². The molecule has 0 atom stereocenters.